The molecule has 7 nitrogen and oxygen atoms in total. The number of hydrogen-bond acceptors (Lipinski definition) is 7. The van der Waals surface area contributed by atoms with Gasteiger partial charge in [0.2, 0.25) is 0 Å². The number of rotatable bonds is 6. The summed E-state index contributed by atoms with van der Waals surface area (Å²) in [5.41, 5.74) is 3.55. The van der Waals surface area contributed by atoms with Crippen molar-refractivity contribution in [1.82, 2.24) is 5.32 Å². The third-order valence-corrected chi connectivity index (χ3v) is 4.86. The molecule has 2 aromatic rings. The molecule has 1 aliphatic rings. The molecule has 0 saturated heterocycles. The van der Waals surface area contributed by atoms with Crippen LogP contribution in [0.25, 0.3) is 11.8 Å². The van der Waals surface area contributed by atoms with E-state index in [-0.39, 0.29) is 5.97 Å². The summed E-state index contributed by atoms with van der Waals surface area (Å²) in [5, 5.41) is 3.28. The van der Waals surface area contributed by atoms with E-state index < -0.39 is 6.04 Å². The molecule has 1 atom stereocenters. The molecular formula is C22H25NO6. The standard InChI is InChI=1S/C22H25NO6/c1-25-18-7-6-13(9-19(18)26-2)8-16-15-12-21(28-4)20(27-3)11-14(15)10-17(23-16)22(24)29-5/h6-9,11-12,17,23H,10H2,1-5H3. The van der Waals surface area contributed by atoms with E-state index in [0.717, 1.165) is 22.4 Å². The number of esters is 1. The maximum absolute atomic E-state index is 12.2. The van der Waals surface area contributed by atoms with Crippen molar-refractivity contribution in [2.24, 2.45) is 0 Å². The van der Waals surface area contributed by atoms with Gasteiger partial charge in [0.15, 0.2) is 23.0 Å². The summed E-state index contributed by atoms with van der Waals surface area (Å²) in [6, 6.07) is 8.92. The van der Waals surface area contributed by atoms with Crippen LogP contribution in [0.2, 0.25) is 0 Å². The van der Waals surface area contributed by atoms with E-state index in [9.17, 15) is 4.79 Å². The predicted octanol–water partition coefficient (Wildman–Crippen LogP) is 2.91. The van der Waals surface area contributed by atoms with Crippen molar-refractivity contribution >= 4 is 17.7 Å². The Morgan fingerprint density at radius 3 is 2.14 bits per heavy atom. The number of methoxy groups -OCH3 is 5. The van der Waals surface area contributed by atoms with Gasteiger partial charge in [0.25, 0.3) is 0 Å². The SMILES string of the molecule is COC(=O)C1Cc2cc(OC)c(OC)cc2C(=Cc2ccc(OC)c(OC)c2)N1. The highest BCUT2D eigenvalue weighted by molar-refractivity contribution is 5.89. The Bertz CT molecular complexity index is 937. The van der Waals surface area contributed by atoms with Crippen molar-refractivity contribution in [2.75, 3.05) is 35.5 Å². The van der Waals surface area contributed by atoms with Crippen LogP contribution in [0.1, 0.15) is 16.7 Å². The summed E-state index contributed by atoms with van der Waals surface area (Å²) >= 11 is 0. The zero-order valence-corrected chi connectivity index (χ0v) is 17.2. The first-order chi connectivity index (χ1) is 14.0. The lowest BCUT2D eigenvalue weighted by Gasteiger charge is -2.28. The van der Waals surface area contributed by atoms with Crippen LogP contribution in [0, 0.1) is 0 Å². The molecule has 1 unspecified atom stereocenters. The molecule has 0 saturated carbocycles. The van der Waals surface area contributed by atoms with Crippen LogP contribution < -0.4 is 24.3 Å². The normalized spacial score (nSPS) is 16.4. The second-order valence-corrected chi connectivity index (χ2v) is 6.46. The predicted molar refractivity (Wildman–Crippen MR) is 110 cm³/mol. The van der Waals surface area contributed by atoms with Crippen LogP contribution in [0.15, 0.2) is 30.3 Å². The molecule has 0 fully saturated rings. The number of hydrogen-bond donors (Lipinski definition) is 1. The van der Waals surface area contributed by atoms with Crippen LogP contribution >= 0.6 is 0 Å². The van der Waals surface area contributed by atoms with E-state index >= 15 is 0 Å². The van der Waals surface area contributed by atoms with Gasteiger partial charge in [-0.1, -0.05) is 6.07 Å². The largest absolute Gasteiger partial charge is 0.493 e. The lowest BCUT2D eigenvalue weighted by molar-refractivity contribution is -0.142. The molecule has 0 aliphatic carbocycles. The molecule has 1 aliphatic heterocycles. The van der Waals surface area contributed by atoms with Gasteiger partial charge < -0.3 is 29.0 Å². The number of carbonyl (C=O) groups excluding carboxylic acids is 1. The monoisotopic (exact) mass is 399 g/mol. The van der Waals surface area contributed by atoms with E-state index in [0.29, 0.717) is 29.4 Å². The molecule has 1 heterocycles. The third-order valence-electron chi connectivity index (χ3n) is 4.86. The molecule has 29 heavy (non-hydrogen) atoms. The molecular weight excluding hydrogens is 374 g/mol. The molecule has 0 bridgehead atoms. The first-order valence-electron chi connectivity index (χ1n) is 9.08. The lowest BCUT2D eigenvalue weighted by Crippen LogP contribution is -2.41. The van der Waals surface area contributed by atoms with Crippen molar-refractivity contribution in [3.8, 4) is 23.0 Å². The van der Waals surface area contributed by atoms with Crippen molar-refractivity contribution in [2.45, 2.75) is 12.5 Å². The second-order valence-electron chi connectivity index (χ2n) is 6.46. The summed E-state index contributed by atoms with van der Waals surface area (Å²) in [7, 11) is 7.74. The van der Waals surface area contributed by atoms with Gasteiger partial charge in [-0.25, -0.2) is 4.79 Å². The molecule has 0 radical (unpaired) electrons. The summed E-state index contributed by atoms with van der Waals surface area (Å²) in [6.45, 7) is 0. The summed E-state index contributed by atoms with van der Waals surface area (Å²) in [5.74, 6) is 2.16. The van der Waals surface area contributed by atoms with Gasteiger partial charge in [-0.05, 0) is 41.5 Å². The number of benzene rings is 2. The highest BCUT2D eigenvalue weighted by Gasteiger charge is 2.29. The number of ether oxygens (including phenoxy) is 5. The zero-order chi connectivity index (χ0) is 21.0. The minimum absolute atomic E-state index is 0.330. The minimum Gasteiger partial charge on any atom is -0.493 e. The van der Waals surface area contributed by atoms with Gasteiger partial charge in [-0.3, -0.25) is 0 Å². The Labute approximate surface area is 170 Å². The topological polar surface area (TPSA) is 75.3 Å². The first-order valence-corrected chi connectivity index (χ1v) is 9.08. The van der Waals surface area contributed by atoms with Crippen LogP contribution in [-0.4, -0.2) is 47.6 Å². The highest BCUT2D eigenvalue weighted by atomic mass is 16.5. The molecule has 0 aromatic heterocycles. The Hall–Kier alpha value is -3.35. The van der Waals surface area contributed by atoms with Gasteiger partial charge >= 0.3 is 5.97 Å². The van der Waals surface area contributed by atoms with Crippen molar-refractivity contribution in [3.63, 3.8) is 0 Å². The average Bonchev–Trinajstić information content (AvgIpc) is 2.77. The number of carbonyl (C=O) groups is 1. The Balaban J connectivity index is 2.12. The van der Waals surface area contributed by atoms with E-state index in [4.69, 9.17) is 23.7 Å². The molecule has 7 heteroatoms. The fourth-order valence-corrected chi connectivity index (χ4v) is 3.39. The Morgan fingerprint density at radius 1 is 0.897 bits per heavy atom. The zero-order valence-electron chi connectivity index (χ0n) is 17.2. The molecule has 154 valence electrons. The van der Waals surface area contributed by atoms with Crippen molar-refractivity contribution < 1.29 is 28.5 Å². The highest BCUT2D eigenvalue weighted by Crippen LogP contribution is 2.37. The van der Waals surface area contributed by atoms with Gasteiger partial charge in [0, 0.05) is 17.7 Å². The van der Waals surface area contributed by atoms with E-state index in [2.05, 4.69) is 5.32 Å². The quantitative estimate of drug-likeness (QED) is 0.749. The van der Waals surface area contributed by atoms with Crippen LogP contribution in [0.5, 0.6) is 23.0 Å². The number of nitrogens with one attached hydrogen (secondary N) is 1. The van der Waals surface area contributed by atoms with E-state index in [1.54, 1.807) is 28.4 Å². The van der Waals surface area contributed by atoms with Gasteiger partial charge in [-0.2, -0.15) is 0 Å². The van der Waals surface area contributed by atoms with Crippen molar-refractivity contribution in [3.05, 3.63) is 47.0 Å². The fraction of sp³-hybridized carbons (Fsp3) is 0.318. The van der Waals surface area contributed by atoms with Crippen LogP contribution in [-0.2, 0) is 16.0 Å². The van der Waals surface area contributed by atoms with Crippen molar-refractivity contribution in [1.29, 1.82) is 0 Å². The van der Waals surface area contributed by atoms with Crippen LogP contribution in [0.3, 0.4) is 0 Å². The summed E-state index contributed by atoms with van der Waals surface area (Å²) in [6.07, 6.45) is 2.42. The third kappa shape index (κ3) is 4.08. The van der Waals surface area contributed by atoms with Gasteiger partial charge in [-0.15, -0.1) is 0 Å². The number of fused-ring (bicyclic) bond motifs is 1. The second kappa shape index (κ2) is 8.77. The summed E-state index contributed by atoms with van der Waals surface area (Å²) in [4.78, 5) is 12.2. The van der Waals surface area contributed by atoms with E-state index in [1.165, 1.54) is 7.11 Å². The fourth-order valence-electron chi connectivity index (χ4n) is 3.39. The smallest absolute Gasteiger partial charge is 0.328 e. The maximum Gasteiger partial charge on any atom is 0.328 e. The molecule has 1 N–H and O–H groups in total. The van der Waals surface area contributed by atoms with Gasteiger partial charge in [0.1, 0.15) is 6.04 Å². The molecule has 0 amide bonds. The Morgan fingerprint density at radius 2 is 1.52 bits per heavy atom. The van der Waals surface area contributed by atoms with E-state index in [1.807, 2.05) is 36.4 Å². The molecule has 2 aromatic carbocycles. The minimum atomic E-state index is -0.503. The van der Waals surface area contributed by atoms with Gasteiger partial charge in [0.05, 0.1) is 35.5 Å². The maximum atomic E-state index is 12.2. The molecule has 0 spiro atoms. The summed E-state index contributed by atoms with van der Waals surface area (Å²) < 4.78 is 26.5. The Kier molecular flexibility index (Phi) is 6.16. The molecule has 3 rings (SSSR count). The average molecular weight is 399 g/mol. The van der Waals surface area contributed by atoms with Crippen LogP contribution in [0.4, 0.5) is 0 Å². The first kappa shape index (κ1) is 20.4. The lowest BCUT2D eigenvalue weighted by atomic mass is 9.91.